The van der Waals surface area contributed by atoms with Gasteiger partial charge in [-0.3, -0.25) is 9.59 Å². The van der Waals surface area contributed by atoms with E-state index in [1.165, 1.54) is 12.2 Å². The number of carbonyl (C=O) groups excluding carboxylic acids is 2. The molecule has 0 saturated heterocycles. The van der Waals surface area contributed by atoms with Gasteiger partial charge in [0.15, 0.2) is 11.6 Å². The Morgan fingerprint density at radius 3 is 1.67 bits per heavy atom. The second-order valence-corrected chi connectivity index (χ2v) is 2.96. The van der Waals surface area contributed by atoms with Crippen LogP contribution in [0.1, 0.15) is 0 Å². The lowest BCUT2D eigenvalue weighted by Gasteiger charge is -2.22. The average molecular weight is 160 g/mol. The molecule has 2 heteroatoms. The Morgan fingerprint density at radius 1 is 0.833 bits per heavy atom. The van der Waals surface area contributed by atoms with Crippen LogP contribution in [0, 0.1) is 11.8 Å². The van der Waals surface area contributed by atoms with Gasteiger partial charge in [0.05, 0.1) is 11.8 Å². The third-order valence-corrected chi connectivity index (χ3v) is 2.20. The van der Waals surface area contributed by atoms with E-state index in [0.717, 1.165) is 0 Å². The number of ketones is 2. The predicted octanol–water partition coefficient (Wildman–Crippen LogP) is 1.05. The number of rotatable bonds is 0. The summed E-state index contributed by atoms with van der Waals surface area (Å²) in [5, 5.41) is 0. The Balaban J connectivity index is 2.41. The Kier molecular flexibility index (Phi) is 1.54. The Bertz CT molecular complexity index is 289. The van der Waals surface area contributed by atoms with Crippen LogP contribution in [0.2, 0.25) is 0 Å². The van der Waals surface area contributed by atoms with E-state index in [4.69, 9.17) is 0 Å². The summed E-state index contributed by atoms with van der Waals surface area (Å²) in [6.45, 7) is 0. The molecule has 0 heterocycles. The number of carbonyl (C=O) groups is 2. The topological polar surface area (TPSA) is 34.1 Å². The third-order valence-electron chi connectivity index (χ3n) is 2.20. The zero-order chi connectivity index (χ0) is 8.55. The smallest absolute Gasteiger partial charge is 0.163 e. The maximum absolute atomic E-state index is 11.2. The van der Waals surface area contributed by atoms with Gasteiger partial charge in [0.2, 0.25) is 0 Å². The van der Waals surface area contributed by atoms with Gasteiger partial charge in [0.1, 0.15) is 0 Å². The van der Waals surface area contributed by atoms with E-state index < -0.39 is 0 Å². The van der Waals surface area contributed by atoms with Crippen LogP contribution >= 0.6 is 0 Å². The molecule has 12 heavy (non-hydrogen) atoms. The number of hydrogen-bond acceptors (Lipinski definition) is 2. The lowest BCUT2D eigenvalue weighted by atomic mass is 9.79. The molecule has 0 radical (unpaired) electrons. The van der Waals surface area contributed by atoms with Gasteiger partial charge in [-0.25, -0.2) is 0 Å². The van der Waals surface area contributed by atoms with Gasteiger partial charge >= 0.3 is 0 Å². The van der Waals surface area contributed by atoms with Crippen molar-refractivity contribution in [3.8, 4) is 0 Å². The fourth-order valence-electron chi connectivity index (χ4n) is 1.54. The van der Waals surface area contributed by atoms with Gasteiger partial charge in [-0.15, -0.1) is 0 Å². The fraction of sp³-hybridized carbons (Fsp3) is 0.200. The van der Waals surface area contributed by atoms with Crippen molar-refractivity contribution in [3.05, 3.63) is 36.5 Å². The molecule has 2 aliphatic rings. The molecule has 2 rings (SSSR count). The normalized spacial score (nSPS) is 32.3. The minimum absolute atomic E-state index is 0.0280. The summed E-state index contributed by atoms with van der Waals surface area (Å²) in [7, 11) is 0. The molecule has 0 saturated carbocycles. The minimum Gasteiger partial charge on any atom is -0.294 e. The molecule has 2 nitrogen and oxygen atoms in total. The molecular weight excluding hydrogens is 152 g/mol. The van der Waals surface area contributed by atoms with Gasteiger partial charge in [-0.05, 0) is 12.2 Å². The summed E-state index contributed by atoms with van der Waals surface area (Å²) >= 11 is 0. The third kappa shape index (κ3) is 0.961. The number of allylic oxidation sites excluding steroid dienone is 6. The van der Waals surface area contributed by atoms with E-state index in [2.05, 4.69) is 0 Å². The van der Waals surface area contributed by atoms with Gasteiger partial charge in [-0.2, -0.15) is 0 Å². The van der Waals surface area contributed by atoms with Crippen molar-refractivity contribution in [2.24, 2.45) is 11.8 Å². The maximum atomic E-state index is 11.2. The summed E-state index contributed by atoms with van der Waals surface area (Å²) in [5.74, 6) is -0.430. The Hall–Kier alpha value is -1.44. The molecule has 0 fully saturated rings. The molecule has 0 aromatic rings. The molecule has 0 bridgehead atoms. The summed E-state index contributed by atoms with van der Waals surface area (Å²) in [4.78, 5) is 22.5. The molecule has 2 unspecified atom stereocenters. The first kappa shape index (κ1) is 7.22. The lowest BCUT2D eigenvalue weighted by Crippen LogP contribution is -2.30. The summed E-state index contributed by atoms with van der Waals surface area (Å²) in [6.07, 6.45) is 9.93. The van der Waals surface area contributed by atoms with E-state index in [1.54, 1.807) is 12.2 Å². The number of fused-ring (bicyclic) bond motifs is 1. The van der Waals surface area contributed by atoms with E-state index in [-0.39, 0.29) is 23.4 Å². The highest BCUT2D eigenvalue weighted by Crippen LogP contribution is 2.25. The van der Waals surface area contributed by atoms with Gasteiger partial charge in [0, 0.05) is 0 Å². The van der Waals surface area contributed by atoms with Crippen LogP contribution in [0.5, 0.6) is 0 Å². The minimum atomic E-state index is -0.243. The van der Waals surface area contributed by atoms with Crippen LogP contribution in [0.25, 0.3) is 0 Å². The first-order valence-electron chi connectivity index (χ1n) is 3.90. The van der Waals surface area contributed by atoms with Crippen molar-refractivity contribution < 1.29 is 9.59 Å². The van der Waals surface area contributed by atoms with Crippen molar-refractivity contribution in [2.75, 3.05) is 0 Å². The van der Waals surface area contributed by atoms with E-state index in [1.807, 2.05) is 12.2 Å². The summed E-state index contributed by atoms with van der Waals surface area (Å²) in [5.41, 5.74) is 0. The van der Waals surface area contributed by atoms with Crippen LogP contribution in [-0.2, 0) is 9.59 Å². The summed E-state index contributed by atoms with van der Waals surface area (Å²) in [6, 6.07) is 0. The monoisotopic (exact) mass is 160 g/mol. The van der Waals surface area contributed by atoms with Crippen LogP contribution in [0.3, 0.4) is 0 Å². The zero-order valence-corrected chi connectivity index (χ0v) is 6.44. The first-order chi connectivity index (χ1) is 5.79. The van der Waals surface area contributed by atoms with Crippen LogP contribution in [0.15, 0.2) is 36.5 Å². The van der Waals surface area contributed by atoms with Crippen molar-refractivity contribution >= 4 is 11.6 Å². The van der Waals surface area contributed by atoms with Gasteiger partial charge in [-0.1, -0.05) is 24.3 Å². The van der Waals surface area contributed by atoms with Gasteiger partial charge < -0.3 is 0 Å². The molecule has 2 aliphatic carbocycles. The molecule has 0 aromatic carbocycles. The predicted molar refractivity (Wildman–Crippen MR) is 44.4 cm³/mol. The zero-order valence-electron chi connectivity index (χ0n) is 6.44. The molecule has 2 atom stereocenters. The molecule has 0 aromatic heterocycles. The Labute approximate surface area is 70.3 Å². The van der Waals surface area contributed by atoms with E-state index in [0.29, 0.717) is 0 Å². The van der Waals surface area contributed by atoms with Gasteiger partial charge in [0.25, 0.3) is 0 Å². The van der Waals surface area contributed by atoms with Crippen molar-refractivity contribution in [1.82, 2.24) is 0 Å². The standard InChI is InChI=1S/C10H8O2/c11-9-5-6-10(12)8-4-2-1-3-7(8)9/h1-8H. The highest BCUT2D eigenvalue weighted by atomic mass is 16.1. The molecule has 60 valence electrons. The van der Waals surface area contributed by atoms with Crippen LogP contribution in [-0.4, -0.2) is 11.6 Å². The van der Waals surface area contributed by atoms with Crippen molar-refractivity contribution in [3.63, 3.8) is 0 Å². The average Bonchev–Trinajstić information content (AvgIpc) is 2.12. The van der Waals surface area contributed by atoms with E-state index in [9.17, 15) is 9.59 Å². The second-order valence-electron chi connectivity index (χ2n) is 2.96. The van der Waals surface area contributed by atoms with E-state index >= 15 is 0 Å². The first-order valence-corrected chi connectivity index (χ1v) is 3.90. The Morgan fingerprint density at radius 2 is 1.25 bits per heavy atom. The van der Waals surface area contributed by atoms with Crippen molar-refractivity contribution in [1.29, 1.82) is 0 Å². The molecule has 0 N–H and O–H groups in total. The molecular formula is C10H8O2. The summed E-state index contributed by atoms with van der Waals surface area (Å²) < 4.78 is 0. The maximum Gasteiger partial charge on any atom is 0.163 e. The highest BCUT2D eigenvalue weighted by molar-refractivity contribution is 6.09. The SMILES string of the molecule is O=C1C=CC(=O)C2C=CC=CC12. The van der Waals surface area contributed by atoms with Crippen molar-refractivity contribution in [2.45, 2.75) is 0 Å². The largest absolute Gasteiger partial charge is 0.294 e. The molecule has 0 amide bonds. The number of hydrogen-bond donors (Lipinski definition) is 0. The molecule has 0 spiro atoms. The molecule has 0 aliphatic heterocycles. The highest BCUT2D eigenvalue weighted by Gasteiger charge is 2.31. The second kappa shape index (κ2) is 2.55. The van der Waals surface area contributed by atoms with Crippen LogP contribution < -0.4 is 0 Å². The van der Waals surface area contributed by atoms with Crippen LogP contribution in [0.4, 0.5) is 0 Å². The lowest BCUT2D eigenvalue weighted by molar-refractivity contribution is -0.126. The fourth-order valence-corrected chi connectivity index (χ4v) is 1.54. The quantitative estimate of drug-likeness (QED) is 0.530.